The number of aromatic nitrogens is 2. The summed E-state index contributed by atoms with van der Waals surface area (Å²) in [6.45, 7) is 7.96. The molecule has 1 aliphatic heterocycles. The Labute approximate surface area is 187 Å². The van der Waals surface area contributed by atoms with E-state index in [1.807, 2.05) is 0 Å². The Balaban J connectivity index is 1.27. The molecule has 2 aromatic rings. The predicted molar refractivity (Wildman–Crippen MR) is 118 cm³/mol. The van der Waals surface area contributed by atoms with Gasteiger partial charge in [-0.15, -0.1) is 0 Å². The van der Waals surface area contributed by atoms with Crippen molar-refractivity contribution >= 4 is 12.0 Å². The lowest BCUT2D eigenvalue weighted by Crippen LogP contribution is -2.37. The molecule has 1 saturated carbocycles. The number of halogens is 1. The molecule has 1 aromatic carbocycles. The van der Waals surface area contributed by atoms with Gasteiger partial charge in [0.05, 0.1) is 12.5 Å². The van der Waals surface area contributed by atoms with Crippen molar-refractivity contribution < 1.29 is 23.6 Å². The highest BCUT2D eigenvalue weighted by molar-refractivity contribution is 5.75. The van der Waals surface area contributed by atoms with Crippen molar-refractivity contribution in [2.24, 2.45) is 11.3 Å². The molecule has 174 valence electrons. The summed E-state index contributed by atoms with van der Waals surface area (Å²) in [5, 5.41) is 13.2. The molecule has 1 aromatic heterocycles. The molecule has 1 aliphatic carbocycles. The van der Waals surface area contributed by atoms with Crippen LogP contribution < -0.4 is 9.64 Å². The van der Waals surface area contributed by atoms with Crippen molar-refractivity contribution in [3.8, 4) is 5.75 Å². The molecule has 8 heteroatoms. The van der Waals surface area contributed by atoms with Crippen LogP contribution in [-0.2, 0) is 4.79 Å². The maximum absolute atomic E-state index is 14.3. The molecule has 0 spiro atoms. The SMILES string of the molecule is CC(C)c1noc(N2CCC(C3(CCOc4ccc([C@@H](C)C(=O)O)c(F)c4)CC3)CC2)n1. The number of aliphatic carboxylic acids is 1. The number of hydrogen-bond donors (Lipinski definition) is 1. The lowest BCUT2D eigenvalue weighted by Gasteiger charge is -2.35. The van der Waals surface area contributed by atoms with Gasteiger partial charge in [0.2, 0.25) is 0 Å². The van der Waals surface area contributed by atoms with Crippen molar-refractivity contribution in [3.05, 3.63) is 35.4 Å². The van der Waals surface area contributed by atoms with Gasteiger partial charge in [0.15, 0.2) is 5.82 Å². The maximum atomic E-state index is 14.3. The first-order chi connectivity index (χ1) is 15.3. The van der Waals surface area contributed by atoms with Crippen molar-refractivity contribution in [2.75, 3.05) is 24.6 Å². The highest BCUT2D eigenvalue weighted by Gasteiger charge is 2.49. The van der Waals surface area contributed by atoms with E-state index in [0.717, 1.165) is 38.2 Å². The van der Waals surface area contributed by atoms with Crippen LogP contribution in [0.25, 0.3) is 0 Å². The number of nitrogens with zero attached hydrogens (tertiary/aromatic N) is 3. The van der Waals surface area contributed by atoms with E-state index in [0.29, 0.717) is 29.7 Å². The zero-order valence-corrected chi connectivity index (χ0v) is 19.0. The smallest absolute Gasteiger partial charge is 0.324 e. The second kappa shape index (κ2) is 9.08. The molecule has 0 bridgehead atoms. The molecule has 0 unspecified atom stereocenters. The van der Waals surface area contributed by atoms with Gasteiger partial charge in [-0.3, -0.25) is 4.79 Å². The first kappa shape index (κ1) is 22.6. The van der Waals surface area contributed by atoms with E-state index >= 15 is 0 Å². The van der Waals surface area contributed by atoms with Crippen LogP contribution in [0.1, 0.15) is 76.1 Å². The lowest BCUT2D eigenvalue weighted by atomic mass is 9.79. The van der Waals surface area contributed by atoms with Crippen LogP contribution in [0, 0.1) is 17.2 Å². The van der Waals surface area contributed by atoms with E-state index in [-0.39, 0.29) is 11.5 Å². The molecule has 7 nitrogen and oxygen atoms in total. The second-order valence-corrected chi connectivity index (χ2v) is 9.56. The van der Waals surface area contributed by atoms with Crippen molar-refractivity contribution in [2.45, 2.75) is 64.7 Å². The van der Waals surface area contributed by atoms with Crippen LogP contribution in [0.2, 0.25) is 0 Å². The third-order valence-electron chi connectivity index (χ3n) is 7.15. The summed E-state index contributed by atoms with van der Waals surface area (Å²) in [7, 11) is 0. The van der Waals surface area contributed by atoms with Gasteiger partial charge >= 0.3 is 12.0 Å². The zero-order chi connectivity index (χ0) is 22.9. The molecule has 1 N–H and O–H groups in total. The molecule has 32 heavy (non-hydrogen) atoms. The van der Waals surface area contributed by atoms with E-state index in [4.69, 9.17) is 14.4 Å². The van der Waals surface area contributed by atoms with E-state index in [1.165, 1.54) is 31.9 Å². The lowest BCUT2D eigenvalue weighted by molar-refractivity contribution is -0.138. The van der Waals surface area contributed by atoms with Gasteiger partial charge in [-0.2, -0.15) is 4.98 Å². The molecular formula is C24H32FN3O4. The molecule has 1 atom stereocenters. The Morgan fingerprint density at radius 3 is 2.59 bits per heavy atom. The fourth-order valence-corrected chi connectivity index (χ4v) is 4.75. The van der Waals surface area contributed by atoms with Gasteiger partial charge in [-0.1, -0.05) is 25.1 Å². The number of anilines is 1. The zero-order valence-electron chi connectivity index (χ0n) is 19.0. The Hall–Kier alpha value is -2.64. The summed E-state index contributed by atoms with van der Waals surface area (Å²) in [5.41, 5.74) is 0.498. The third kappa shape index (κ3) is 4.74. The van der Waals surface area contributed by atoms with Gasteiger partial charge in [-0.05, 0) is 56.4 Å². The van der Waals surface area contributed by atoms with Gasteiger partial charge in [-0.25, -0.2) is 4.39 Å². The number of ether oxygens (including phenoxy) is 1. The van der Waals surface area contributed by atoms with Crippen LogP contribution in [0.15, 0.2) is 22.7 Å². The van der Waals surface area contributed by atoms with E-state index in [9.17, 15) is 9.18 Å². The maximum Gasteiger partial charge on any atom is 0.324 e. The minimum atomic E-state index is -1.04. The summed E-state index contributed by atoms with van der Waals surface area (Å²) in [4.78, 5) is 17.8. The van der Waals surface area contributed by atoms with Crippen LogP contribution in [0.4, 0.5) is 10.4 Å². The number of carbonyl (C=O) groups is 1. The number of hydrogen-bond acceptors (Lipinski definition) is 6. The van der Waals surface area contributed by atoms with Gasteiger partial charge < -0.3 is 19.3 Å². The first-order valence-corrected chi connectivity index (χ1v) is 11.5. The fourth-order valence-electron chi connectivity index (χ4n) is 4.75. The van der Waals surface area contributed by atoms with Crippen molar-refractivity contribution in [1.82, 2.24) is 10.1 Å². The van der Waals surface area contributed by atoms with E-state index < -0.39 is 17.7 Å². The fraction of sp³-hybridized carbons (Fsp3) is 0.625. The Morgan fingerprint density at radius 2 is 2.03 bits per heavy atom. The number of benzene rings is 1. The first-order valence-electron chi connectivity index (χ1n) is 11.5. The standard InChI is InChI=1S/C24H32FN3O4/c1-15(2)21-26-23(32-27-21)28-11-6-17(7-12-28)24(8-9-24)10-13-31-18-4-5-19(20(25)14-18)16(3)22(29)30/h4-5,14-17H,6-13H2,1-3H3,(H,29,30)/t16-/m1/s1. The van der Waals surface area contributed by atoms with Gasteiger partial charge in [0.1, 0.15) is 11.6 Å². The summed E-state index contributed by atoms with van der Waals surface area (Å²) in [6.07, 6.45) is 5.56. The Bertz CT molecular complexity index is 948. The average Bonchev–Trinajstić information content (AvgIpc) is 3.38. The van der Waals surface area contributed by atoms with Crippen LogP contribution in [0.5, 0.6) is 5.75 Å². The molecule has 2 heterocycles. The monoisotopic (exact) mass is 445 g/mol. The largest absolute Gasteiger partial charge is 0.493 e. The highest BCUT2D eigenvalue weighted by atomic mass is 19.1. The van der Waals surface area contributed by atoms with Crippen LogP contribution in [-0.4, -0.2) is 40.9 Å². The minimum absolute atomic E-state index is 0.178. The number of rotatable bonds is 9. The summed E-state index contributed by atoms with van der Waals surface area (Å²) in [6, 6.07) is 5.09. The third-order valence-corrected chi connectivity index (χ3v) is 7.15. The van der Waals surface area contributed by atoms with Crippen molar-refractivity contribution in [3.63, 3.8) is 0 Å². The molecule has 1 saturated heterocycles. The summed E-state index contributed by atoms with van der Waals surface area (Å²) < 4.78 is 25.6. The highest BCUT2D eigenvalue weighted by Crippen LogP contribution is 2.57. The quantitative estimate of drug-likeness (QED) is 0.582. The molecule has 4 rings (SSSR count). The van der Waals surface area contributed by atoms with E-state index in [1.54, 1.807) is 6.07 Å². The minimum Gasteiger partial charge on any atom is -0.493 e. The number of piperidine rings is 1. The molecule has 0 radical (unpaired) electrons. The van der Waals surface area contributed by atoms with Gasteiger partial charge in [0.25, 0.3) is 0 Å². The molecule has 2 aliphatic rings. The van der Waals surface area contributed by atoms with Crippen LogP contribution in [0.3, 0.4) is 0 Å². The molecule has 0 amide bonds. The van der Waals surface area contributed by atoms with Crippen molar-refractivity contribution in [1.29, 1.82) is 0 Å². The normalized spacial score (nSPS) is 19.2. The van der Waals surface area contributed by atoms with Gasteiger partial charge in [0, 0.05) is 30.6 Å². The second-order valence-electron chi connectivity index (χ2n) is 9.56. The van der Waals surface area contributed by atoms with E-state index in [2.05, 4.69) is 28.9 Å². The predicted octanol–water partition coefficient (Wildman–Crippen LogP) is 4.99. The number of carboxylic acid groups (broad SMARTS) is 1. The number of carboxylic acids is 1. The van der Waals surface area contributed by atoms with Crippen LogP contribution >= 0.6 is 0 Å². The summed E-state index contributed by atoms with van der Waals surface area (Å²) in [5.74, 6) is -0.359. The topological polar surface area (TPSA) is 88.7 Å². The Morgan fingerprint density at radius 1 is 1.31 bits per heavy atom. The average molecular weight is 446 g/mol. The Kier molecular flexibility index (Phi) is 6.40. The molecule has 2 fully saturated rings. The molecular weight excluding hydrogens is 413 g/mol. The summed E-state index contributed by atoms with van der Waals surface area (Å²) >= 11 is 0.